The summed E-state index contributed by atoms with van der Waals surface area (Å²) in [6.07, 6.45) is 47.6. The van der Waals surface area contributed by atoms with Crippen LogP contribution in [0.3, 0.4) is 0 Å². The number of hydrogen-bond acceptors (Lipinski definition) is 7. The number of esters is 1. The van der Waals surface area contributed by atoms with E-state index in [0.717, 1.165) is 38.5 Å². The Kier molecular flexibility index (Phi) is 44.8. The van der Waals surface area contributed by atoms with Gasteiger partial charge in [0.25, 0.3) is 0 Å². The third kappa shape index (κ3) is 46.1. The van der Waals surface area contributed by atoms with Crippen LogP contribution in [-0.4, -0.2) is 54.3 Å². The van der Waals surface area contributed by atoms with Crippen molar-refractivity contribution >= 4 is 19.7 Å². The van der Waals surface area contributed by atoms with Crippen LogP contribution in [0.4, 0.5) is 0 Å². The van der Waals surface area contributed by atoms with Gasteiger partial charge >= 0.3 is 13.8 Å². The minimum atomic E-state index is -4.41. The Labute approximate surface area is 358 Å². The fourth-order valence-electron chi connectivity index (χ4n) is 7.50. The van der Waals surface area contributed by atoms with Crippen LogP contribution in [-0.2, 0) is 27.9 Å². The van der Waals surface area contributed by atoms with E-state index in [-0.39, 0.29) is 25.7 Å². The minimum absolute atomic E-state index is 0.0888. The average Bonchev–Trinajstić information content (AvgIpc) is 3.21. The Morgan fingerprint density at radius 2 is 0.776 bits per heavy atom. The molecule has 0 heterocycles. The molecule has 1 amide bonds. The third-order valence-corrected chi connectivity index (χ3v) is 12.3. The zero-order chi connectivity index (χ0) is 42.5. The van der Waals surface area contributed by atoms with E-state index < -0.39 is 26.5 Å². The summed E-state index contributed by atoms with van der Waals surface area (Å²) in [4.78, 5) is 34.0. The number of aliphatic hydroxyl groups excluding tert-OH is 1. The predicted octanol–water partition coefficient (Wildman–Crippen LogP) is 14.4. The first kappa shape index (κ1) is 57.0. The SMILES string of the molecule is CCCCCCCCCCCCCCCCCCCCCCCCCCC(=O)NCCOP(=O)(O)OCC(O)COC(=O)CCCCCCCCCCCCCCC. The molecule has 0 aliphatic carbocycles. The van der Waals surface area contributed by atoms with Crippen LogP contribution in [0.5, 0.6) is 0 Å². The molecule has 0 fully saturated rings. The van der Waals surface area contributed by atoms with E-state index in [1.165, 1.54) is 199 Å². The molecule has 0 saturated carbocycles. The lowest BCUT2D eigenvalue weighted by atomic mass is 10.0. The Morgan fingerprint density at radius 1 is 0.466 bits per heavy atom. The van der Waals surface area contributed by atoms with Gasteiger partial charge in [-0.25, -0.2) is 4.57 Å². The van der Waals surface area contributed by atoms with Gasteiger partial charge in [0, 0.05) is 19.4 Å². The number of amides is 1. The first-order chi connectivity index (χ1) is 28.3. The summed E-state index contributed by atoms with van der Waals surface area (Å²) in [5, 5.41) is 12.7. The highest BCUT2D eigenvalue weighted by Gasteiger charge is 2.23. The second kappa shape index (κ2) is 45.5. The lowest BCUT2D eigenvalue weighted by Crippen LogP contribution is -2.27. The van der Waals surface area contributed by atoms with Gasteiger partial charge in [0.2, 0.25) is 5.91 Å². The molecule has 0 radical (unpaired) electrons. The van der Waals surface area contributed by atoms with Gasteiger partial charge < -0.3 is 20.1 Å². The van der Waals surface area contributed by atoms with Gasteiger partial charge in [-0.15, -0.1) is 0 Å². The maximum Gasteiger partial charge on any atom is 0.472 e. The number of ether oxygens (including phenoxy) is 1. The van der Waals surface area contributed by atoms with E-state index in [9.17, 15) is 24.2 Å². The van der Waals surface area contributed by atoms with Crippen LogP contribution < -0.4 is 5.32 Å². The number of phosphoric acid groups is 1. The molecule has 0 bridgehead atoms. The van der Waals surface area contributed by atoms with Gasteiger partial charge in [0.05, 0.1) is 13.2 Å². The number of nitrogens with one attached hydrogen (secondary N) is 1. The standard InChI is InChI=1S/C48H96NO8P/c1-3-5-7-9-11-13-15-17-18-19-20-21-22-23-24-25-26-27-29-30-32-34-36-38-40-47(51)49-42-43-56-58(53,54)57-45-46(50)44-55-48(52)41-39-37-35-33-31-28-16-14-12-10-8-6-4-2/h46,50H,3-45H2,1-2H3,(H,49,51)(H,53,54). The van der Waals surface area contributed by atoms with Crippen LogP contribution in [0.1, 0.15) is 264 Å². The number of carbonyl (C=O) groups is 2. The molecule has 346 valence electrons. The molecule has 0 aromatic heterocycles. The summed E-state index contributed by atoms with van der Waals surface area (Å²) in [5.41, 5.74) is 0. The van der Waals surface area contributed by atoms with E-state index in [0.29, 0.717) is 12.8 Å². The van der Waals surface area contributed by atoms with Crippen LogP contribution >= 0.6 is 7.82 Å². The summed E-state index contributed by atoms with van der Waals surface area (Å²) in [5.74, 6) is -0.500. The molecule has 0 aliphatic heterocycles. The fourth-order valence-corrected chi connectivity index (χ4v) is 8.26. The molecule has 0 saturated heterocycles. The van der Waals surface area contributed by atoms with Crippen molar-refractivity contribution in [1.82, 2.24) is 5.32 Å². The maximum absolute atomic E-state index is 12.1. The number of phosphoric ester groups is 1. The van der Waals surface area contributed by atoms with Crippen molar-refractivity contribution in [3.05, 3.63) is 0 Å². The number of unbranched alkanes of at least 4 members (excludes halogenated alkanes) is 35. The third-order valence-electron chi connectivity index (χ3n) is 11.3. The molecule has 2 unspecified atom stereocenters. The number of hydrogen-bond donors (Lipinski definition) is 3. The van der Waals surface area contributed by atoms with E-state index in [2.05, 4.69) is 19.2 Å². The topological polar surface area (TPSA) is 131 Å². The Morgan fingerprint density at radius 3 is 1.12 bits per heavy atom. The molecule has 0 aliphatic rings. The highest BCUT2D eigenvalue weighted by Crippen LogP contribution is 2.42. The van der Waals surface area contributed by atoms with E-state index in [1.807, 2.05) is 0 Å². The van der Waals surface area contributed by atoms with Crippen molar-refractivity contribution in [2.45, 2.75) is 270 Å². The molecule has 0 aromatic carbocycles. The second-order valence-electron chi connectivity index (χ2n) is 17.2. The van der Waals surface area contributed by atoms with E-state index in [4.69, 9.17) is 13.8 Å². The first-order valence-electron chi connectivity index (χ1n) is 25.0. The van der Waals surface area contributed by atoms with Crippen molar-refractivity contribution in [3.63, 3.8) is 0 Å². The molecular formula is C48H96NO8P. The van der Waals surface area contributed by atoms with Gasteiger partial charge in [-0.2, -0.15) is 0 Å². The van der Waals surface area contributed by atoms with Crippen LogP contribution in [0, 0.1) is 0 Å². The Bertz CT molecular complexity index is 922. The van der Waals surface area contributed by atoms with E-state index in [1.54, 1.807) is 0 Å². The molecule has 2 atom stereocenters. The van der Waals surface area contributed by atoms with Crippen molar-refractivity contribution in [1.29, 1.82) is 0 Å². The van der Waals surface area contributed by atoms with Gasteiger partial charge in [-0.05, 0) is 12.8 Å². The van der Waals surface area contributed by atoms with Crippen LogP contribution in [0.25, 0.3) is 0 Å². The summed E-state index contributed by atoms with van der Waals surface area (Å²) in [7, 11) is -4.41. The zero-order valence-corrected chi connectivity index (χ0v) is 39.2. The predicted molar refractivity (Wildman–Crippen MR) is 243 cm³/mol. The van der Waals surface area contributed by atoms with Crippen molar-refractivity contribution in [2.24, 2.45) is 0 Å². The van der Waals surface area contributed by atoms with Crippen LogP contribution in [0.2, 0.25) is 0 Å². The first-order valence-corrected chi connectivity index (χ1v) is 26.5. The number of carbonyl (C=O) groups excluding carboxylic acids is 2. The quantitative estimate of drug-likeness (QED) is 0.0313. The summed E-state index contributed by atoms with van der Waals surface area (Å²) < 4.78 is 26.9. The molecule has 0 rings (SSSR count). The zero-order valence-electron chi connectivity index (χ0n) is 38.3. The van der Waals surface area contributed by atoms with Gasteiger partial charge in [-0.1, -0.05) is 239 Å². The molecule has 10 heteroatoms. The molecular weight excluding hydrogens is 750 g/mol. The smallest absolute Gasteiger partial charge is 0.463 e. The fraction of sp³-hybridized carbons (Fsp3) is 0.958. The number of aliphatic hydroxyl groups is 1. The van der Waals surface area contributed by atoms with Crippen molar-refractivity contribution in [2.75, 3.05) is 26.4 Å². The average molecular weight is 846 g/mol. The largest absolute Gasteiger partial charge is 0.472 e. The van der Waals surface area contributed by atoms with Crippen LogP contribution in [0.15, 0.2) is 0 Å². The van der Waals surface area contributed by atoms with Crippen molar-refractivity contribution < 1.29 is 37.9 Å². The Hall–Kier alpha value is -0.990. The molecule has 9 nitrogen and oxygen atoms in total. The van der Waals surface area contributed by atoms with Gasteiger partial charge in [0.1, 0.15) is 12.7 Å². The van der Waals surface area contributed by atoms with Gasteiger partial charge in [0.15, 0.2) is 0 Å². The van der Waals surface area contributed by atoms with E-state index >= 15 is 0 Å². The highest BCUT2D eigenvalue weighted by atomic mass is 31.2. The minimum Gasteiger partial charge on any atom is -0.463 e. The summed E-state index contributed by atoms with van der Waals surface area (Å²) in [6, 6.07) is 0. The second-order valence-corrected chi connectivity index (χ2v) is 18.6. The maximum atomic E-state index is 12.1. The lowest BCUT2D eigenvalue weighted by molar-refractivity contribution is -0.147. The monoisotopic (exact) mass is 846 g/mol. The lowest BCUT2D eigenvalue weighted by Gasteiger charge is -2.15. The summed E-state index contributed by atoms with van der Waals surface area (Å²) in [6.45, 7) is 3.61. The molecule has 58 heavy (non-hydrogen) atoms. The highest BCUT2D eigenvalue weighted by molar-refractivity contribution is 7.47. The molecule has 3 N–H and O–H groups in total. The normalized spacial score (nSPS) is 13.1. The Balaban J connectivity index is 3.48. The molecule has 0 spiro atoms. The van der Waals surface area contributed by atoms with Gasteiger partial charge in [-0.3, -0.25) is 18.6 Å². The molecule has 0 aromatic rings. The van der Waals surface area contributed by atoms with Crippen molar-refractivity contribution in [3.8, 4) is 0 Å². The summed E-state index contributed by atoms with van der Waals surface area (Å²) >= 11 is 0. The number of rotatable bonds is 48.